The average Bonchev–Trinajstić information content (AvgIpc) is 2.91. The SMILES string of the molecule is CON(Cc1ccc(Cl)c(Cl)c1)C(=O)C1=C(O)C(=O)N(CCCCO)C1. The first kappa shape index (κ1) is 20.5. The number of aliphatic hydroxyl groups is 2. The summed E-state index contributed by atoms with van der Waals surface area (Å²) >= 11 is 11.9. The van der Waals surface area contributed by atoms with Gasteiger partial charge >= 0.3 is 0 Å². The molecule has 1 aromatic rings. The minimum atomic E-state index is -0.603. The van der Waals surface area contributed by atoms with E-state index in [0.29, 0.717) is 35.0 Å². The Hall–Kier alpha value is -1.80. The van der Waals surface area contributed by atoms with Gasteiger partial charge in [0.1, 0.15) is 0 Å². The highest BCUT2D eigenvalue weighted by molar-refractivity contribution is 6.42. The highest BCUT2D eigenvalue weighted by Crippen LogP contribution is 2.25. The lowest BCUT2D eigenvalue weighted by molar-refractivity contribution is -0.174. The van der Waals surface area contributed by atoms with Gasteiger partial charge in [0.15, 0.2) is 5.76 Å². The quantitative estimate of drug-likeness (QED) is 0.514. The van der Waals surface area contributed by atoms with E-state index in [-0.39, 0.29) is 25.3 Å². The molecule has 0 atom stereocenters. The van der Waals surface area contributed by atoms with Crippen molar-refractivity contribution in [3.8, 4) is 0 Å². The van der Waals surface area contributed by atoms with Gasteiger partial charge in [-0.25, -0.2) is 5.06 Å². The summed E-state index contributed by atoms with van der Waals surface area (Å²) in [4.78, 5) is 31.2. The molecule has 0 bridgehead atoms. The zero-order chi connectivity index (χ0) is 19.3. The molecule has 1 aromatic carbocycles. The summed E-state index contributed by atoms with van der Waals surface area (Å²) in [5.74, 6) is -1.78. The summed E-state index contributed by atoms with van der Waals surface area (Å²) in [5, 5.41) is 20.6. The smallest absolute Gasteiger partial charge is 0.289 e. The van der Waals surface area contributed by atoms with E-state index in [1.54, 1.807) is 18.2 Å². The zero-order valence-electron chi connectivity index (χ0n) is 14.2. The third kappa shape index (κ3) is 4.67. The molecule has 9 heteroatoms. The van der Waals surface area contributed by atoms with Gasteiger partial charge in [-0.1, -0.05) is 29.3 Å². The van der Waals surface area contributed by atoms with Crippen LogP contribution >= 0.6 is 23.2 Å². The van der Waals surface area contributed by atoms with E-state index >= 15 is 0 Å². The number of carbonyl (C=O) groups is 2. The fourth-order valence-electron chi connectivity index (χ4n) is 2.55. The maximum atomic E-state index is 12.7. The Kier molecular flexibility index (Phi) is 7.28. The van der Waals surface area contributed by atoms with Crippen LogP contribution in [0.4, 0.5) is 0 Å². The molecule has 0 radical (unpaired) electrons. The molecule has 0 aliphatic carbocycles. The highest BCUT2D eigenvalue weighted by Gasteiger charge is 2.35. The average molecular weight is 403 g/mol. The van der Waals surface area contributed by atoms with Crippen molar-refractivity contribution in [3.05, 3.63) is 45.1 Å². The van der Waals surface area contributed by atoms with Gasteiger partial charge < -0.3 is 15.1 Å². The molecule has 2 amide bonds. The Balaban J connectivity index is 2.09. The van der Waals surface area contributed by atoms with Crippen molar-refractivity contribution in [2.75, 3.05) is 26.8 Å². The van der Waals surface area contributed by atoms with Gasteiger partial charge in [0, 0.05) is 13.2 Å². The first-order chi connectivity index (χ1) is 12.4. The summed E-state index contributed by atoms with van der Waals surface area (Å²) < 4.78 is 0. The molecule has 1 heterocycles. The Morgan fingerprint density at radius 3 is 2.65 bits per heavy atom. The molecule has 0 aromatic heterocycles. The number of aliphatic hydroxyl groups excluding tert-OH is 2. The minimum Gasteiger partial charge on any atom is -0.503 e. The van der Waals surface area contributed by atoms with Gasteiger partial charge in [-0.3, -0.25) is 14.4 Å². The molecule has 26 heavy (non-hydrogen) atoms. The van der Waals surface area contributed by atoms with Gasteiger partial charge in [0.25, 0.3) is 11.8 Å². The molecule has 0 saturated carbocycles. The Bertz CT molecular complexity index is 723. The number of rotatable bonds is 8. The maximum Gasteiger partial charge on any atom is 0.289 e. The van der Waals surface area contributed by atoms with Crippen LogP contribution in [0.3, 0.4) is 0 Å². The second-order valence-corrected chi connectivity index (χ2v) is 6.57. The summed E-state index contributed by atoms with van der Waals surface area (Å²) in [5.41, 5.74) is 0.653. The number of amides is 2. The summed E-state index contributed by atoms with van der Waals surface area (Å²) in [6.07, 6.45) is 1.11. The molecule has 1 aliphatic heterocycles. The second-order valence-electron chi connectivity index (χ2n) is 5.76. The van der Waals surface area contributed by atoms with E-state index in [0.717, 1.165) is 5.06 Å². The largest absolute Gasteiger partial charge is 0.503 e. The van der Waals surface area contributed by atoms with Crippen LogP contribution in [0.15, 0.2) is 29.5 Å². The topological polar surface area (TPSA) is 90.3 Å². The first-order valence-corrected chi connectivity index (χ1v) is 8.76. The predicted molar refractivity (Wildman–Crippen MR) is 96.6 cm³/mol. The number of hydrogen-bond acceptors (Lipinski definition) is 5. The van der Waals surface area contributed by atoms with Crippen LogP contribution in [0.25, 0.3) is 0 Å². The van der Waals surface area contributed by atoms with Crippen LogP contribution in [0.1, 0.15) is 18.4 Å². The number of hydrogen-bond donors (Lipinski definition) is 2. The first-order valence-electron chi connectivity index (χ1n) is 8.01. The van der Waals surface area contributed by atoms with Crippen molar-refractivity contribution in [3.63, 3.8) is 0 Å². The van der Waals surface area contributed by atoms with Crippen molar-refractivity contribution in [1.82, 2.24) is 9.96 Å². The van der Waals surface area contributed by atoms with Gasteiger partial charge in [-0.2, -0.15) is 0 Å². The molecule has 0 saturated heterocycles. The van der Waals surface area contributed by atoms with Crippen LogP contribution in [-0.4, -0.2) is 58.8 Å². The van der Waals surface area contributed by atoms with Gasteiger partial charge in [0.05, 0.1) is 35.8 Å². The fraction of sp³-hybridized carbons (Fsp3) is 0.412. The molecular formula is C17H20Cl2N2O5. The van der Waals surface area contributed by atoms with E-state index in [1.807, 2.05) is 0 Å². The van der Waals surface area contributed by atoms with E-state index in [2.05, 4.69) is 0 Å². The predicted octanol–water partition coefficient (Wildman–Crippen LogP) is 2.31. The number of hydroxylamine groups is 2. The second kappa shape index (κ2) is 9.23. The Morgan fingerprint density at radius 2 is 2.04 bits per heavy atom. The molecule has 2 N–H and O–H groups in total. The van der Waals surface area contributed by atoms with E-state index < -0.39 is 17.6 Å². The molecule has 0 unspecified atom stereocenters. The molecule has 0 fully saturated rings. The van der Waals surface area contributed by atoms with Crippen LogP contribution in [0, 0.1) is 0 Å². The Labute approximate surface area is 161 Å². The number of benzene rings is 1. The Morgan fingerprint density at radius 1 is 1.31 bits per heavy atom. The molecule has 7 nitrogen and oxygen atoms in total. The molecule has 1 aliphatic rings. The van der Waals surface area contributed by atoms with Crippen molar-refractivity contribution in [2.24, 2.45) is 0 Å². The van der Waals surface area contributed by atoms with Gasteiger partial charge in [-0.15, -0.1) is 0 Å². The number of nitrogens with zero attached hydrogens (tertiary/aromatic N) is 2. The number of halogens is 2. The summed E-state index contributed by atoms with van der Waals surface area (Å²) in [6.45, 7) is 0.437. The standard InChI is InChI=1S/C17H20Cl2N2O5/c1-26-21(9-11-4-5-13(18)14(19)8-11)16(24)12-10-20(6-2-3-7-22)17(25)15(12)23/h4-5,8,22-23H,2-3,6-7,9-10H2,1H3. The zero-order valence-corrected chi connectivity index (χ0v) is 15.8. The van der Waals surface area contributed by atoms with Gasteiger partial charge in [0.2, 0.25) is 0 Å². The monoisotopic (exact) mass is 402 g/mol. The molecule has 0 spiro atoms. The van der Waals surface area contributed by atoms with E-state index in [1.165, 1.54) is 12.0 Å². The van der Waals surface area contributed by atoms with E-state index in [9.17, 15) is 14.7 Å². The fourth-order valence-corrected chi connectivity index (χ4v) is 2.87. The lowest BCUT2D eigenvalue weighted by Crippen LogP contribution is -2.33. The molecule has 2 rings (SSSR count). The normalized spacial score (nSPS) is 14.3. The lowest BCUT2D eigenvalue weighted by atomic mass is 10.2. The lowest BCUT2D eigenvalue weighted by Gasteiger charge is -2.21. The van der Waals surface area contributed by atoms with Crippen molar-refractivity contribution < 1.29 is 24.6 Å². The summed E-state index contributed by atoms with van der Waals surface area (Å²) in [7, 11) is 1.32. The van der Waals surface area contributed by atoms with E-state index in [4.69, 9.17) is 33.1 Å². The minimum absolute atomic E-state index is 0.00381. The van der Waals surface area contributed by atoms with Crippen molar-refractivity contribution >= 4 is 35.0 Å². The molecular weight excluding hydrogens is 383 g/mol. The van der Waals surface area contributed by atoms with Crippen molar-refractivity contribution in [1.29, 1.82) is 0 Å². The molecule has 142 valence electrons. The summed E-state index contributed by atoms with van der Waals surface area (Å²) in [6, 6.07) is 4.91. The maximum absolute atomic E-state index is 12.7. The number of carbonyl (C=O) groups excluding carboxylic acids is 2. The number of unbranched alkanes of at least 4 members (excludes halogenated alkanes) is 1. The third-order valence-electron chi connectivity index (χ3n) is 3.98. The van der Waals surface area contributed by atoms with Crippen molar-refractivity contribution in [2.45, 2.75) is 19.4 Å². The third-order valence-corrected chi connectivity index (χ3v) is 4.72. The van der Waals surface area contributed by atoms with Crippen LogP contribution in [0.2, 0.25) is 10.0 Å². The van der Waals surface area contributed by atoms with Crippen LogP contribution in [-0.2, 0) is 21.0 Å². The van der Waals surface area contributed by atoms with Crippen LogP contribution in [0.5, 0.6) is 0 Å². The van der Waals surface area contributed by atoms with Gasteiger partial charge in [-0.05, 0) is 30.5 Å². The highest BCUT2D eigenvalue weighted by atomic mass is 35.5. The van der Waals surface area contributed by atoms with Crippen LogP contribution < -0.4 is 0 Å².